The van der Waals surface area contributed by atoms with Crippen LogP contribution in [0.2, 0.25) is 0 Å². The van der Waals surface area contributed by atoms with Crippen molar-refractivity contribution in [1.29, 1.82) is 0 Å². The molecule has 1 aliphatic rings. The first-order valence-electron chi connectivity index (χ1n) is 5.77. The Morgan fingerprint density at radius 1 is 1.39 bits per heavy atom. The molecular weight excluding hydrogens is 250 g/mol. The van der Waals surface area contributed by atoms with E-state index < -0.39 is 0 Å². The second kappa shape index (κ2) is 4.56. The smallest absolute Gasteiger partial charge is 0.226 e. The molecule has 0 unspecified atom stereocenters. The van der Waals surface area contributed by atoms with E-state index in [0.29, 0.717) is 28.5 Å². The number of rotatable bonds is 4. The monoisotopic (exact) mass is 263 g/mol. The van der Waals surface area contributed by atoms with Gasteiger partial charge in [-0.25, -0.2) is 9.97 Å². The van der Waals surface area contributed by atoms with Gasteiger partial charge in [0.25, 0.3) is 0 Å². The van der Waals surface area contributed by atoms with E-state index in [2.05, 4.69) is 20.2 Å². The summed E-state index contributed by atoms with van der Waals surface area (Å²) in [6, 6.07) is 1.74. The van der Waals surface area contributed by atoms with Crippen LogP contribution in [0.25, 0.3) is 0 Å². The van der Waals surface area contributed by atoms with Crippen molar-refractivity contribution in [3.8, 4) is 0 Å². The largest absolute Gasteiger partial charge is 0.424 e. The normalized spacial score (nSPS) is 14.9. The van der Waals surface area contributed by atoms with E-state index in [1.54, 1.807) is 6.07 Å². The SMILES string of the molecule is Cc1cc(N)nc(SCc2nnc(C3CC3)o2)n1. The third-order valence-corrected chi connectivity index (χ3v) is 3.42. The highest BCUT2D eigenvalue weighted by molar-refractivity contribution is 7.98. The molecule has 18 heavy (non-hydrogen) atoms. The van der Waals surface area contributed by atoms with Crippen LogP contribution >= 0.6 is 11.8 Å². The standard InChI is InChI=1S/C11H13N5OS/c1-6-4-8(12)14-11(13-6)18-5-9-15-16-10(17-9)7-2-3-7/h4,7H,2-3,5H2,1H3,(H2,12,13,14). The van der Waals surface area contributed by atoms with Gasteiger partial charge < -0.3 is 10.2 Å². The molecule has 2 N–H and O–H groups in total. The van der Waals surface area contributed by atoms with Gasteiger partial charge in [-0.1, -0.05) is 11.8 Å². The molecule has 0 bridgehead atoms. The number of nitrogens with zero attached hydrogens (tertiary/aromatic N) is 4. The molecule has 6 nitrogen and oxygen atoms in total. The first-order chi connectivity index (χ1) is 8.70. The number of thioether (sulfide) groups is 1. The lowest BCUT2D eigenvalue weighted by Gasteiger charge is -2.00. The van der Waals surface area contributed by atoms with E-state index in [4.69, 9.17) is 10.2 Å². The molecule has 0 aliphatic heterocycles. The second-order valence-electron chi connectivity index (χ2n) is 4.31. The molecule has 3 rings (SSSR count). The van der Waals surface area contributed by atoms with Crippen molar-refractivity contribution in [3.05, 3.63) is 23.5 Å². The molecule has 0 atom stereocenters. The van der Waals surface area contributed by atoms with Gasteiger partial charge in [0.05, 0.1) is 5.75 Å². The van der Waals surface area contributed by atoms with Crippen LogP contribution in [0.4, 0.5) is 5.82 Å². The van der Waals surface area contributed by atoms with Crippen LogP contribution in [0.1, 0.15) is 36.2 Å². The van der Waals surface area contributed by atoms with Crippen molar-refractivity contribution < 1.29 is 4.42 Å². The Labute approximate surface area is 108 Å². The Balaban J connectivity index is 1.65. The molecule has 2 aromatic rings. The van der Waals surface area contributed by atoms with Gasteiger partial charge in [-0.15, -0.1) is 10.2 Å². The van der Waals surface area contributed by atoms with Crippen molar-refractivity contribution in [2.75, 3.05) is 5.73 Å². The van der Waals surface area contributed by atoms with Crippen molar-refractivity contribution in [1.82, 2.24) is 20.2 Å². The van der Waals surface area contributed by atoms with Crippen molar-refractivity contribution in [2.24, 2.45) is 0 Å². The molecule has 0 amide bonds. The van der Waals surface area contributed by atoms with E-state index in [0.717, 1.165) is 24.4 Å². The van der Waals surface area contributed by atoms with Gasteiger partial charge >= 0.3 is 0 Å². The molecular formula is C11H13N5OS. The summed E-state index contributed by atoms with van der Waals surface area (Å²) in [6.07, 6.45) is 2.32. The maximum absolute atomic E-state index is 5.66. The highest BCUT2D eigenvalue weighted by Gasteiger charge is 2.29. The molecule has 2 aromatic heterocycles. The van der Waals surface area contributed by atoms with Gasteiger partial charge in [0.15, 0.2) is 5.16 Å². The van der Waals surface area contributed by atoms with Gasteiger partial charge in [0, 0.05) is 17.7 Å². The lowest BCUT2D eigenvalue weighted by molar-refractivity contribution is 0.466. The van der Waals surface area contributed by atoms with E-state index in [1.165, 1.54) is 11.8 Å². The number of hydrogen-bond donors (Lipinski definition) is 1. The highest BCUT2D eigenvalue weighted by Crippen LogP contribution is 2.39. The van der Waals surface area contributed by atoms with E-state index in [9.17, 15) is 0 Å². The quantitative estimate of drug-likeness (QED) is 0.665. The summed E-state index contributed by atoms with van der Waals surface area (Å²) >= 11 is 1.45. The summed E-state index contributed by atoms with van der Waals surface area (Å²) in [5.41, 5.74) is 6.52. The Kier molecular flexibility index (Phi) is 2.91. The van der Waals surface area contributed by atoms with Crippen LogP contribution in [0.15, 0.2) is 15.6 Å². The zero-order chi connectivity index (χ0) is 12.5. The Bertz CT molecular complexity index is 546. The molecule has 0 spiro atoms. The number of nitrogens with two attached hydrogens (primary N) is 1. The molecule has 7 heteroatoms. The second-order valence-corrected chi connectivity index (χ2v) is 5.26. The van der Waals surface area contributed by atoms with E-state index in [1.807, 2.05) is 6.92 Å². The average Bonchev–Trinajstić information content (AvgIpc) is 3.05. The predicted octanol–water partition coefficient (Wildman–Crippen LogP) is 1.92. The van der Waals surface area contributed by atoms with Crippen LogP contribution in [0.5, 0.6) is 0 Å². The maximum atomic E-state index is 5.66. The lowest BCUT2D eigenvalue weighted by Crippen LogP contribution is -1.96. The molecule has 1 aliphatic carbocycles. The van der Waals surface area contributed by atoms with Crippen LogP contribution in [0.3, 0.4) is 0 Å². The van der Waals surface area contributed by atoms with Crippen molar-refractivity contribution >= 4 is 17.6 Å². The summed E-state index contributed by atoms with van der Waals surface area (Å²) in [5.74, 6) is 2.92. The molecule has 0 saturated heterocycles. The number of aryl methyl sites for hydroxylation is 1. The summed E-state index contributed by atoms with van der Waals surface area (Å²) in [4.78, 5) is 8.43. The molecule has 94 valence electrons. The average molecular weight is 263 g/mol. The van der Waals surface area contributed by atoms with Crippen LogP contribution in [-0.2, 0) is 5.75 Å². The van der Waals surface area contributed by atoms with Gasteiger partial charge in [-0.3, -0.25) is 0 Å². The fraction of sp³-hybridized carbons (Fsp3) is 0.455. The third kappa shape index (κ3) is 2.61. The molecule has 2 heterocycles. The number of anilines is 1. The van der Waals surface area contributed by atoms with Crippen LogP contribution in [-0.4, -0.2) is 20.2 Å². The zero-order valence-electron chi connectivity index (χ0n) is 9.96. The number of aromatic nitrogens is 4. The van der Waals surface area contributed by atoms with Gasteiger partial charge in [-0.2, -0.15) is 0 Å². The first-order valence-corrected chi connectivity index (χ1v) is 6.75. The first kappa shape index (κ1) is 11.5. The summed E-state index contributed by atoms with van der Waals surface area (Å²) < 4.78 is 5.56. The minimum atomic E-state index is 0.481. The van der Waals surface area contributed by atoms with E-state index in [-0.39, 0.29) is 0 Å². The summed E-state index contributed by atoms with van der Waals surface area (Å²) in [5, 5.41) is 8.68. The molecule has 1 saturated carbocycles. The molecule has 0 radical (unpaired) electrons. The Morgan fingerprint density at radius 2 is 2.22 bits per heavy atom. The lowest BCUT2D eigenvalue weighted by atomic mass is 10.4. The fourth-order valence-electron chi connectivity index (χ4n) is 1.58. The van der Waals surface area contributed by atoms with E-state index >= 15 is 0 Å². The minimum Gasteiger partial charge on any atom is -0.424 e. The Hall–Kier alpha value is -1.63. The highest BCUT2D eigenvalue weighted by atomic mass is 32.2. The maximum Gasteiger partial charge on any atom is 0.226 e. The van der Waals surface area contributed by atoms with Crippen LogP contribution in [0, 0.1) is 6.92 Å². The predicted molar refractivity (Wildman–Crippen MR) is 67.0 cm³/mol. The topological polar surface area (TPSA) is 90.7 Å². The summed E-state index contributed by atoms with van der Waals surface area (Å²) in [7, 11) is 0. The fourth-order valence-corrected chi connectivity index (χ4v) is 2.32. The zero-order valence-corrected chi connectivity index (χ0v) is 10.8. The molecule has 1 fully saturated rings. The van der Waals surface area contributed by atoms with Gasteiger partial charge in [0.2, 0.25) is 11.8 Å². The third-order valence-electron chi connectivity index (χ3n) is 2.59. The number of hydrogen-bond acceptors (Lipinski definition) is 7. The Morgan fingerprint density at radius 3 is 2.94 bits per heavy atom. The van der Waals surface area contributed by atoms with Crippen molar-refractivity contribution in [2.45, 2.75) is 36.6 Å². The van der Waals surface area contributed by atoms with Crippen molar-refractivity contribution in [3.63, 3.8) is 0 Å². The van der Waals surface area contributed by atoms with Gasteiger partial charge in [-0.05, 0) is 19.8 Å². The summed E-state index contributed by atoms with van der Waals surface area (Å²) in [6.45, 7) is 1.89. The van der Waals surface area contributed by atoms with Gasteiger partial charge in [0.1, 0.15) is 5.82 Å². The molecule has 0 aromatic carbocycles. The van der Waals surface area contributed by atoms with Crippen LogP contribution < -0.4 is 5.73 Å². The minimum absolute atomic E-state index is 0.481. The number of nitrogen functional groups attached to an aromatic ring is 1.